The molecule has 0 atom stereocenters. The van der Waals surface area contributed by atoms with Crippen molar-refractivity contribution in [2.75, 3.05) is 10.7 Å². The fourth-order valence-corrected chi connectivity index (χ4v) is 1.99. The Hall–Kier alpha value is -1.56. The van der Waals surface area contributed by atoms with Crippen LogP contribution in [0.1, 0.15) is 19.2 Å². The highest BCUT2D eigenvalue weighted by molar-refractivity contribution is 6.42. The van der Waals surface area contributed by atoms with Crippen molar-refractivity contribution in [3.63, 3.8) is 0 Å². The second-order valence-corrected chi connectivity index (χ2v) is 5.02. The number of aromatic nitrogens is 2. The van der Waals surface area contributed by atoms with Crippen LogP contribution in [0.4, 0.5) is 17.3 Å². The van der Waals surface area contributed by atoms with E-state index in [-0.39, 0.29) is 0 Å². The maximum atomic E-state index is 5.98. The molecule has 20 heavy (non-hydrogen) atoms. The first-order valence-electron chi connectivity index (χ1n) is 6.19. The number of hydrogen-bond donors (Lipinski definition) is 3. The van der Waals surface area contributed by atoms with Gasteiger partial charge in [0, 0.05) is 18.2 Å². The highest BCUT2D eigenvalue weighted by Crippen LogP contribution is 2.27. The molecule has 1 heterocycles. The van der Waals surface area contributed by atoms with E-state index in [2.05, 4.69) is 27.6 Å². The lowest BCUT2D eigenvalue weighted by atomic mass is 10.3. The van der Waals surface area contributed by atoms with E-state index >= 15 is 0 Å². The van der Waals surface area contributed by atoms with E-state index in [1.54, 1.807) is 18.2 Å². The lowest BCUT2D eigenvalue weighted by Crippen LogP contribution is -2.11. The van der Waals surface area contributed by atoms with Crippen LogP contribution < -0.4 is 16.6 Å². The molecular formula is C13H15Cl2N5. The number of benzene rings is 1. The summed E-state index contributed by atoms with van der Waals surface area (Å²) in [5, 5.41) is 4.15. The van der Waals surface area contributed by atoms with Gasteiger partial charge in [-0.25, -0.2) is 15.8 Å². The Balaban J connectivity index is 2.27. The average molecular weight is 312 g/mol. The summed E-state index contributed by atoms with van der Waals surface area (Å²) in [6.07, 6.45) is 1.74. The lowest BCUT2D eigenvalue weighted by molar-refractivity contribution is 0.837. The Morgan fingerprint density at radius 3 is 2.50 bits per heavy atom. The molecule has 106 valence electrons. The largest absolute Gasteiger partial charge is 0.340 e. The second kappa shape index (κ2) is 6.74. The summed E-state index contributed by atoms with van der Waals surface area (Å²) in [6.45, 7) is 2.07. The van der Waals surface area contributed by atoms with E-state index in [0.29, 0.717) is 21.7 Å². The molecule has 5 nitrogen and oxygen atoms in total. The van der Waals surface area contributed by atoms with Crippen LogP contribution in [0.25, 0.3) is 0 Å². The molecule has 2 rings (SSSR count). The molecule has 0 saturated heterocycles. The fraction of sp³-hybridized carbons (Fsp3) is 0.231. The Labute approximate surface area is 127 Å². The number of hydrazine groups is 1. The van der Waals surface area contributed by atoms with E-state index in [1.165, 1.54) is 0 Å². The van der Waals surface area contributed by atoms with Gasteiger partial charge < -0.3 is 10.7 Å². The maximum absolute atomic E-state index is 5.98. The van der Waals surface area contributed by atoms with E-state index in [9.17, 15) is 0 Å². The molecule has 0 unspecified atom stereocenters. The van der Waals surface area contributed by atoms with Gasteiger partial charge in [-0.15, -0.1) is 0 Å². The standard InChI is InChI=1S/C13H15Cl2N5/c1-2-3-11-18-12(7-13(19-11)20-16)17-8-4-5-9(14)10(15)6-8/h4-7H,2-3,16H2,1H3,(H2,17,18,19,20). The van der Waals surface area contributed by atoms with Crippen molar-refractivity contribution in [2.24, 2.45) is 5.84 Å². The molecule has 7 heteroatoms. The van der Waals surface area contributed by atoms with E-state index in [1.807, 2.05) is 6.07 Å². The minimum absolute atomic E-state index is 0.483. The summed E-state index contributed by atoms with van der Waals surface area (Å²) in [5.74, 6) is 7.35. The quantitative estimate of drug-likeness (QED) is 0.579. The van der Waals surface area contributed by atoms with E-state index in [4.69, 9.17) is 29.0 Å². The predicted molar refractivity (Wildman–Crippen MR) is 83.6 cm³/mol. The van der Waals surface area contributed by atoms with Crippen molar-refractivity contribution >= 4 is 40.5 Å². The van der Waals surface area contributed by atoms with Gasteiger partial charge in [0.2, 0.25) is 0 Å². The topological polar surface area (TPSA) is 75.9 Å². The summed E-state index contributed by atoms with van der Waals surface area (Å²) in [7, 11) is 0. The van der Waals surface area contributed by atoms with Gasteiger partial charge in [0.05, 0.1) is 10.0 Å². The number of rotatable bonds is 5. The minimum Gasteiger partial charge on any atom is -0.340 e. The first-order chi connectivity index (χ1) is 9.62. The van der Waals surface area contributed by atoms with Crippen LogP contribution >= 0.6 is 23.2 Å². The normalized spacial score (nSPS) is 10.4. The number of aryl methyl sites for hydroxylation is 1. The number of nitrogen functional groups attached to an aromatic ring is 1. The molecule has 1 aromatic carbocycles. The Morgan fingerprint density at radius 1 is 1.10 bits per heavy atom. The molecule has 0 bridgehead atoms. The van der Waals surface area contributed by atoms with Crippen LogP contribution in [0.2, 0.25) is 10.0 Å². The SMILES string of the molecule is CCCc1nc(NN)cc(Nc2ccc(Cl)c(Cl)c2)n1. The molecular weight excluding hydrogens is 297 g/mol. The Kier molecular flexibility index (Phi) is 5.00. The third-order valence-electron chi connectivity index (χ3n) is 2.59. The summed E-state index contributed by atoms with van der Waals surface area (Å²) >= 11 is 11.9. The van der Waals surface area contributed by atoms with Crippen LogP contribution in [0.3, 0.4) is 0 Å². The van der Waals surface area contributed by atoms with Crippen LogP contribution in [0, 0.1) is 0 Å². The van der Waals surface area contributed by atoms with Crippen molar-refractivity contribution in [3.8, 4) is 0 Å². The molecule has 0 fully saturated rings. The Bertz CT molecular complexity index is 603. The summed E-state index contributed by atoms with van der Waals surface area (Å²) < 4.78 is 0. The van der Waals surface area contributed by atoms with Crippen molar-refractivity contribution in [2.45, 2.75) is 19.8 Å². The lowest BCUT2D eigenvalue weighted by Gasteiger charge is -2.10. The zero-order valence-electron chi connectivity index (χ0n) is 11.0. The molecule has 0 aliphatic rings. The van der Waals surface area contributed by atoms with Crippen molar-refractivity contribution in [1.82, 2.24) is 9.97 Å². The molecule has 1 aromatic heterocycles. The average Bonchev–Trinajstić information content (AvgIpc) is 2.43. The highest BCUT2D eigenvalue weighted by atomic mass is 35.5. The first-order valence-corrected chi connectivity index (χ1v) is 6.94. The molecule has 0 aliphatic heterocycles. The van der Waals surface area contributed by atoms with Gasteiger partial charge in [-0.2, -0.15) is 0 Å². The second-order valence-electron chi connectivity index (χ2n) is 4.20. The van der Waals surface area contributed by atoms with Crippen LogP contribution in [-0.2, 0) is 6.42 Å². The van der Waals surface area contributed by atoms with Crippen molar-refractivity contribution < 1.29 is 0 Å². The van der Waals surface area contributed by atoms with Gasteiger partial charge in [-0.3, -0.25) is 0 Å². The number of hydrogen-bond acceptors (Lipinski definition) is 5. The highest BCUT2D eigenvalue weighted by Gasteiger charge is 2.05. The van der Waals surface area contributed by atoms with Crippen LogP contribution in [0.5, 0.6) is 0 Å². The Morgan fingerprint density at radius 2 is 1.85 bits per heavy atom. The fourth-order valence-electron chi connectivity index (χ4n) is 1.69. The van der Waals surface area contributed by atoms with Crippen molar-refractivity contribution in [1.29, 1.82) is 0 Å². The maximum Gasteiger partial charge on any atom is 0.145 e. The minimum atomic E-state index is 0.483. The molecule has 0 aliphatic carbocycles. The van der Waals surface area contributed by atoms with Gasteiger partial charge in [0.1, 0.15) is 17.5 Å². The molecule has 0 radical (unpaired) electrons. The molecule has 0 spiro atoms. The van der Waals surface area contributed by atoms with Gasteiger partial charge in [0.25, 0.3) is 0 Å². The smallest absolute Gasteiger partial charge is 0.145 e. The molecule has 0 saturated carbocycles. The molecule has 2 aromatic rings. The number of halogens is 2. The number of nitrogens with one attached hydrogen (secondary N) is 2. The number of nitrogens with two attached hydrogens (primary N) is 1. The first kappa shape index (κ1) is 14.8. The van der Waals surface area contributed by atoms with E-state index in [0.717, 1.165) is 24.4 Å². The summed E-state index contributed by atoms with van der Waals surface area (Å²) in [5.41, 5.74) is 3.33. The van der Waals surface area contributed by atoms with Crippen LogP contribution in [-0.4, -0.2) is 9.97 Å². The zero-order valence-corrected chi connectivity index (χ0v) is 12.5. The predicted octanol–water partition coefficient (Wildman–Crippen LogP) is 3.77. The monoisotopic (exact) mass is 311 g/mol. The molecule has 4 N–H and O–H groups in total. The molecule has 0 amide bonds. The van der Waals surface area contributed by atoms with E-state index < -0.39 is 0 Å². The van der Waals surface area contributed by atoms with Gasteiger partial charge in [-0.1, -0.05) is 30.1 Å². The third kappa shape index (κ3) is 3.72. The van der Waals surface area contributed by atoms with Gasteiger partial charge in [0.15, 0.2) is 0 Å². The zero-order chi connectivity index (χ0) is 14.5. The number of nitrogens with zero attached hydrogens (tertiary/aromatic N) is 2. The van der Waals surface area contributed by atoms with Gasteiger partial charge >= 0.3 is 0 Å². The third-order valence-corrected chi connectivity index (χ3v) is 3.32. The summed E-state index contributed by atoms with van der Waals surface area (Å²) in [4.78, 5) is 8.71. The van der Waals surface area contributed by atoms with Crippen LogP contribution in [0.15, 0.2) is 24.3 Å². The van der Waals surface area contributed by atoms with Crippen molar-refractivity contribution in [3.05, 3.63) is 40.1 Å². The van der Waals surface area contributed by atoms with Gasteiger partial charge in [-0.05, 0) is 24.6 Å². The summed E-state index contributed by atoms with van der Waals surface area (Å²) in [6, 6.07) is 7.01. The number of anilines is 3.